The molecule has 0 aliphatic rings. The number of anilines is 1. The maximum Gasteiger partial charge on any atom is 0.322 e. The molecule has 7 nitrogen and oxygen atoms in total. The highest BCUT2D eigenvalue weighted by molar-refractivity contribution is 6.06. The van der Waals surface area contributed by atoms with Crippen molar-refractivity contribution in [2.24, 2.45) is 7.05 Å². The highest BCUT2D eigenvalue weighted by Gasteiger charge is 2.29. The molecule has 2 rings (SSSR count). The Morgan fingerprint density at radius 2 is 2.00 bits per heavy atom. The van der Waals surface area contributed by atoms with Crippen molar-refractivity contribution in [3.63, 3.8) is 0 Å². The molecule has 110 valence electrons. The first-order valence-corrected chi connectivity index (χ1v) is 6.38. The van der Waals surface area contributed by atoms with Gasteiger partial charge < -0.3 is 5.32 Å². The van der Waals surface area contributed by atoms with Gasteiger partial charge in [0.15, 0.2) is 0 Å². The zero-order chi connectivity index (χ0) is 15.7. The fraction of sp³-hybridized carbons (Fsp3) is 0.286. The molecule has 1 N–H and O–H groups in total. The number of nitro groups is 1. The third kappa shape index (κ3) is 2.76. The molecule has 0 saturated carbocycles. The minimum atomic E-state index is -0.584. The predicted molar refractivity (Wildman–Crippen MR) is 78.5 cm³/mol. The Bertz CT molecular complexity index is 734. The molecule has 0 unspecified atom stereocenters. The molecule has 1 amide bonds. The fourth-order valence-corrected chi connectivity index (χ4v) is 2.26. The average Bonchev–Trinajstić information content (AvgIpc) is 2.67. The van der Waals surface area contributed by atoms with E-state index in [1.54, 1.807) is 6.07 Å². The number of hydrogen-bond donors (Lipinski definition) is 1. The van der Waals surface area contributed by atoms with Crippen molar-refractivity contribution in [3.05, 3.63) is 50.8 Å². The van der Waals surface area contributed by atoms with Gasteiger partial charge in [0.05, 0.1) is 4.92 Å². The normalized spacial score (nSPS) is 10.5. The first-order valence-electron chi connectivity index (χ1n) is 6.38. The van der Waals surface area contributed by atoms with Crippen LogP contribution in [-0.4, -0.2) is 20.6 Å². The Hall–Kier alpha value is -2.70. The van der Waals surface area contributed by atoms with Crippen LogP contribution in [0.15, 0.2) is 18.2 Å². The van der Waals surface area contributed by atoms with E-state index in [-0.39, 0.29) is 17.1 Å². The van der Waals surface area contributed by atoms with E-state index in [0.717, 1.165) is 11.1 Å². The lowest BCUT2D eigenvalue weighted by Gasteiger charge is -2.09. The number of rotatable bonds is 3. The zero-order valence-electron chi connectivity index (χ0n) is 12.3. The molecule has 2 aromatic rings. The van der Waals surface area contributed by atoms with E-state index >= 15 is 0 Å². The van der Waals surface area contributed by atoms with Gasteiger partial charge >= 0.3 is 5.69 Å². The summed E-state index contributed by atoms with van der Waals surface area (Å²) in [7, 11) is 1.51. The third-order valence-electron chi connectivity index (χ3n) is 3.22. The lowest BCUT2D eigenvalue weighted by Crippen LogP contribution is -2.18. The molecule has 0 aliphatic heterocycles. The van der Waals surface area contributed by atoms with Gasteiger partial charge in [-0.2, -0.15) is 5.10 Å². The minimum absolute atomic E-state index is 0.0579. The molecule has 0 radical (unpaired) electrons. The van der Waals surface area contributed by atoms with Crippen LogP contribution in [0.1, 0.15) is 27.3 Å². The van der Waals surface area contributed by atoms with Crippen LogP contribution in [-0.2, 0) is 7.05 Å². The Morgan fingerprint density at radius 1 is 1.33 bits per heavy atom. The lowest BCUT2D eigenvalue weighted by atomic mass is 10.1. The molecule has 0 aliphatic carbocycles. The molecule has 1 aromatic carbocycles. The van der Waals surface area contributed by atoms with Crippen LogP contribution in [0.3, 0.4) is 0 Å². The summed E-state index contributed by atoms with van der Waals surface area (Å²) in [4.78, 5) is 22.8. The second kappa shape index (κ2) is 5.35. The fourth-order valence-electron chi connectivity index (χ4n) is 2.26. The Balaban J connectivity index is 2.39. The van der Waals surface area contributed by atoms with Crippen molar-refractivity contribution in [2.45, 2.75) is 20.8 Å². The molecule has 7 heteroatoms. The third-order valence-corrected chi connectivity index (χ3v) is 3.22. The predicted octanol–water partition coefficient (Wildman–Crippen LogP) is 2.51. The van der Waals surface area contributed by atoms with E-state index in [1.165, 1.54) is 18.7 Å². The molecule has 1 heterocycles. The smallest absolute Gasteiger partial charge is 0.320 e. The number of carbonyl (C=O) groups is 1. The van der Waals surface area contributed by atoms with Crippen LogP contribution in [0, 0.1) is 30.9 Å². The maximum absolute atomic E-state index is 12.3. The van der Waals surface area contributed by atoms with E-state index in [9.17, 15) is 14.9 Å². The lowest BCUT2D eigenvalue weighted by molar-refractivity contribution is -0.385. The number of hydrogen-bond acceptors (Lipinski definition) is 4. The van der Waals surface area contributed by atoms with Gasteiger partial charge in [-0.3, -0.25) is 19.6 Å². The largest absolute Gasteiger partial charge is 0.322 e. The average molecular weight is 288 g/mol. The summed E-state index contributed by atoms with van der Waals surface area (Å²) in [6, 6.07) is 5.57. The monoisotopic (exact) mass is 288 g/mol. The van der Waals surface area contributed by atoms with E-state index < -0.39 is 10.8 Å². The number of nitrogens with one attached hydrogen (secondary N) is 1. The molecule has 1 aromatic heterocycles. The Morgan fingerprint density at radius 3 is 2.57 bits per heavy atom. The van der Waals surface area contributed by atoms with E-state index in [4.69, 9.17) is 0 Å². The zero-order valence-corrected chi connectivity index (χ0v) is 12.3. The number of benzene rings is 1. The highest BCUT2D eigenvalue weighted by atomic mass is 16.6. The highest BCUT2D eigenvalue weighted by Crippen LogP contribution is 2.24. The maximum atomic E-state index is 12.3. The summed E-state index contributed by atoms with van der Waals surface area (Å²) < 4.78 is 1.23. The van der Waals surface area contributed by atoms with E-state index in [0.29, 0.717) is 5.69 Å². The van der Waals surface area contributed by atoms with Gasteiger partial charge in [0.2, 0.25) is 5.69 Å². The first-order chi connectivity index (χ1) is 9.81. The second-order valence-electron chi connectivity index (χ2n) is 4.94. The van der Waals surface area contributed by atoms with E-state index in [1.807, 2.05) is 26.0 Å². The first kappa shape index (κ1) is 14.7. The van der Waals surface area contributed by atoms with Crippen molar-refractivity contribution in [1.29, 1.82) is 0 Å². The van der Waals surface area contributed by atoms with Gasteiger partial charge in [-0.25, -0.2) is 0 Å². The van der Waals surface area contributed by atoms with Crippen molar-refractivity contribution in [1.82, 2.24) is 9.78 Å². The summed E-state index contributed by atoms with van der Waals surface area (Å²) in [6.07, 6.45) is 0. The van der Waals surface area contributed by atoms with Gasteiger partial charge in [-0.1, -0.05) is 17.7 Å². The number of nitrogens with zero attached hydrogens (tertiary/aromatic N) is 3. The van der Waals surface area contributed by atoms with Gasteiger partial charge in [0.25, 0.3) is 5.91 Å². The summed E-state index contributed by atoms with van der Waals surface area (Å²) >= 11 is 0. The second-order valence-corrected chi connectivity index (χ2v) is 4.94. The SMILES string of the molecule is Cc1ccc(NC(=O)c2c([N+](=O)[O-])c(C)nn2C)c(C)c1. The van der Waals surface area contributed by atoms with Crippen LogP contribution in [0.5, 0.6) is 0 Å². The summed E-state index contributed by atoms with van der Waals surface area (Å²) in [5.41, 5.74) is 2.49. The Labute approximate surface area is 121 Å². The van der Waals surface area contributed by atoms with Crippen molar-refractivity contribution in [2.75, 3.05) is 5.32 Å². The molecule has 21 heavy (non-hydrogen) atoms. The summed E-state index contributed by atoms with van der Waals surface area (Å²) in [5, 5.41) is 17.7. The molecule has 0 spiro atoms. The van der Waals surface area contributed by atoms with Crippen molar-refractivity contribution < 1.29 is 9.72 Å². The van der Waals surface area contributed by atoms with Crippen LogP contribution >= 0.6 is 0 Å². The van der Waals surface area contributed by atoms with Gasteiger partial charge in [-0.05, 0) is 32.4 Å². The number of amides is 1. The van der Waals surface area contributed by atoms with E-state index in [2.05, 4.69) is 10.4 Å². The molecule has 0 bridgehead atoms. The van der Waals surface area contributed by atoms with Gasteiger partial charge in [-0.15, -0.1) is 0 Å². The quantitative estimate of drug-likeness (QED) is 0.694. The molecule has 0 saturated heterocycles. The summed E-state index contributed by atoms with van der Waals surface area (Å²) in [5.74, 6) is -0.545. The number of aromatic nitrogens is 2. The Kier molecular flexibility index (Phi) is 3.75. The summed E-state index contributed by atoms with van der Waals surface area (Å²) in [6.45, 7) is 5.32. The number of carbonyl (C=O) groups excluding carboxylic acids is 1. The standard InChI is InChI=1S/C14H16N4O3/c1-8-5-6-11(9(2)7-8)15-14(19)13-12(18(20)21)10(3)16-17(13)4/h5-7H,1-4H3,(H,15,19). The topological polar surface area (TPSA) is 90.1 Å². The molecule has 0 atom stereocenters. The van der Waals surface area contributed by atoms with Crippen LogP contribution in [0.2, 0.25) is 0 Å². The van der Waals surface area contributed by atoms with Crippen molar-refractivity contribution in [3.8, 4) is 0 Å². The van der Waals surface area contributed by atoms with Gasteiger partial charge in [0.1, 0.15) is 5.69 Å². The molecular formula is C14H16N4O3. The van der Waals surface area contributed by atoms with Crippen LogP contribution in [0.25, 0.3) is 0 Å². The van der Waals surface area contributed by atoms with Crippen molar-refractivity contribution >= 4 is 17.3 Å². The molecule has 0 fully saturated rings. The van der Waals surface area contributed by atoms with Crippen LogP contribution in [0.4, 0.5) is 11.4 Å². The van der Waals surface area contributed by atoms with Crippen LogP contribution < -0.4 is 5.32 Å². The minimum Gasteiger partial charge on any atom is -0.320 e. The number of aryl methyl sites for hydroxylation is 4. The molecular weight excluding hydrogens is 272 g/mol. The van der Waals surface area contributed by atoms with Gasteiger partial charge in [0, 0.05) is 12.7 Å².